The van der Waals surface area contributed by atoms with E-state index in [1.807, 2.05) is 16.7 Å². The van der Waals surface area contributed by atoms with Gasteiger partial charge in [0.25, 0.3) is 11.5 Å². The first-order valence-corrected chi connectivity index (χ1v) is 10.3. The van der Waals surface area contributed by atoms with Crippen molar-refractivity contribution in [3.63, 3.8) is 0 Å². The van der Waals surface area contributed by atoms with E-state index in [1.165, 1.54) is 0 Å². The fourth-order valence-corrected chi connectivity index (χ4v) is 3.91. The SMILES string of the molecule is CC(C)CNC(=O)c1ccc(-c2nc3cccnc3n(C3CCCC3)c2=O)cc1. The molecule has 1 aliphatic rings. The van der Waals surface area contributed by atoms with Gasteiger partial charge in [0, 0.05) is 29.9 Å². The number of rotatable bonds is 5. The minimum atomic E-state index is -0.111. The number of amides is 1. The molecule has 2 aromatic heterocycles. The molecule has 0 saturated heterocycles. The molecule has 0 unspecified atom stereocenters. The Kier molecular flexibility index (Phi) is 5.43. The summed E-state index contributed by atoms with van der Waals surface area (Å²) < 4.78 is 1.83. The monoisotopic (exact) mass is 390 g/mol. The first-order chi connectivity index (χ1) is 14.0. The molecule has 6 nitrogen and oxygen atoms in total. The van der Waals surface area contributed by atoms with Crippen LogP contribution in [0, 0.1) is 5.92 Å². The summed E-state index contributed by atoms with van der Waals surface area (Å²) in [5.41, 5.74) is 2.96. The summed E-state index contributed by atoms with van der Waals surface area (Å²) in [7, 11) is 0. The summed E-state index contributed by atoms with van der Waals surface area (Å²) in [6.07, 6.45) is 5.94. The van der Waals surface area contributed by atoms with E-state index in [1.54, 1.807) is 30.5 Å². The molecule has 1 aliphatic carbocycles. The molecule has 1 aromatic carbocycles. The van der Waals surface area contributed by atoms with Crippen LogP contribution in [0.4, 0.5) is 0 Å². The highest BCUT2D eigenvalue weighted by atomic mass is 16.1. The van der Waals surface area contributed by atoms with Crippen molar-refractivity contribution in [1.82, 2.24) is 19.9 Å². The number of hydrogen-bond donors (Lipinski definition) is 1. The summed E-state index contributed by atoms with van der Waals surface area (Å²) >= 11 is 0. The third-order valence-corrected chi connectivity index (χ3v) is 5.43. The Balaban J connectivity index is 1.73. The predicted molar refractivity (Wildman–Crippen MR) is 114 cm³/mol. The molecule has 150 valence electrons. The Bertz CT molecular complexity index is 1080. The van der Waals surface area contributed by atoms with Crippen LogP contribution >= 0.6 is 0 Å². The van der Waals surface area contributed by atoms with Gasteiger partial charge in [-0.05, 0) is 43.0 Å². The first-order valence-electron chi connectivity index (χ1n) is 10.3. The molecule has 1 saturated carbocycles. The van der Waals surface area contributed by atoms with Gasteiger partial charge in [0.2, 0.25) is 0 Å². The van der Waals surface area contributed by atoms with Gasteiger partial charge in [-0.3, -0.25) is 14.2 Å². The van der Waals surface area contributed by atoms with Crippen LogP contribution in [0.1, 0.15) is 55.9 Å². The van der Waals surface area contributed by atoms with Gasteiger partial charge in [0.15, 0.2) is 5.65 Å². The third kappa shape index (κ3) is 3.92. The van der Waals surface area contributed by atoms with Crippen LogP contribution in [-0.4, -0.2) is 27.0 Å². The Morgan fingerprint density at radius 3 is 2.59 bits per heavy atom. The van der Waals surface area contributed by atoms with Crippen molar-refractivity contribution in [2.24, 2.45) is 5.92 Å². The second-order valence-electron chi connectivity index (χ2n) is 8.10. The lowest BCUT2D eigenvalue weighted by Gasteiger charge is -2.17. The van der Waals surface area contributed by atoms with Gasteiger partial charge in [-0.1, -0.05) is 38.8 Å². The van der Waals surface area contributed by atoms with Crippen LogP contribution in [-0.2, 0) is 0 Å². The third-order valence-electron chi connectivity index (χ3n) is 5.43. The Morgan fingerprint density at radius 1 is 1.17 bits per heavy atom. The van der Waals surface area contributed by atoms with Gasteiger partial charge < -0.3 is 5.32 Å². The van der Waals surface area contributed by atoms with Gasteiger partial charge in [-0.25, -0.2) is 9.97 Å². The average molecular weight is 390 g/mol. The second kappa shape index (κ2) is 8.15. The zero-order valence-electron chi connectivity index (χ0n) is 16.9. The highest BCUT2D eigenvalue weighted by Gasteiger charge is 2.23. The fraction of sp³-hybridized carbons (Fsp3) is 0.391. The predicted octanol–water partition coefficient (Wildman–Crippen LogP) is 3.96. The number of carbonyl (C=O) groups is 1. The van der Waals surface area contributed by atoms with E-state index in [0.717, 1.165) is 25.7 Å². The summed E-state index contributed by atoms with van der Waals surface area (Å²) in [5.74, 6) is 0.284. The topological polar surface area (TPSA) is 76.9 Å². The summed E-state index contributed by atoms with van der Waals surface area (Å²) in [5, 5.41) is 2.91. The maximum Gasteiger partial charge on any atom is 0.278 e. The zero-order chi connectivity index (χ0) is 20.4. The second-order valence-corrected chi connectivity index (χ2v) is 8.10. The van der Waals surface area contributed by atoms with Crippen LogP contribution in [0.15, 0.2) is 47.4 Å². The molecule has 29 heavy (non-hydrogen) atoms. The number of fused-ring (bicyclic) bond motifs is 1. The molecular weight excluding hydrogens is 364 g/mol. The smallest absolute Gasteiger partial charge is 0.278 e. The number of benzene rings is 1. The van der Waals surface area contributed by atoms with Gasteiger partial charge in [-0.15, -0.1) is 0 Å². The van der Waals surface area contributed by atoms with Crippen molar-refractivity contribution in [3.8, 4) is 11.3 Å². The van der Waals surface area contributed by atoms with Crippen molar-refractivity contribution in [2.75, 3.05) is 6.54 Å². The lowest BCUT2D eigenvalue weighted by molar-refractivity contribution is 0.0949. The van der Waals surface area contributed by atoms with Gasteiger partial charge >= 0.3 is 0 Å². The van der Waals surface area contributed by atoms with E-state index in [-0.39, 0.29) is 17.5 Å². The molecule has 0 aliphatic heterocycles. The number of hydrogen-bond acceptors (Lipinski definition) is 4. The number of aromatic nitrogens is 3. The molecule has 1 amide bonds. The lowest BCUT2D eigenvalue weighted by Crippen LogP contribution is -2.28. The van der Waals surface area contributed by atoms with Crippen molar-refractivity contribution in [2.45, 2.75) is 45.6 Å². The molecule has 0 atom stereocenters. The van der Waals surface area contributed by atoms with Crippen LogP contribution in [0.5, 0.6) is 0 Å². The van der Waals surface area contributed by atoms with E-state index >= 15 is 0 Å². The molecule has 6 heteroatoms. The standard InChI is InChI=1S/C23H26N4O2/c1-15(2)14-25-22(28)17-11-9-16(10-12-17)20-23(29)27(18-6-3-4-7-18)21-19(26-20)8-5-13-24-21/h5,8-13,15,18H,3-4,6-7,14H2,1-2H3,(H,25,28). The largest absolute Gasteiger partial charge is 0.352 e. The number of nitrogens with zero attached hydrogens (tertiary/aromatic N) is 3. The maximum absolute atomic E-state index is 13.3. The Labute approximate surface area is 170 Å². The van der Waals surface area contributed by atoms with E-state index < -0.39 is 0 Å². The van der Waals surface area contributed by atoms with E-state index in [9.17, 15) is 9.59 Å². The van der Waals surface area contributed by atoms with Crippen LogP contribution in [0.3, 0.4) is 0 Å². The molecule has 1 N–H and O–H groups in total. The van der Waals surface area contributed by atoms with Crippen molar-refractivity contribution >= 4 is 17.1 Å². The molecule has 0 bridgehead atoms. The summed E-state index contributed by atoms with van der Waals surface area (Å²) in [6, 6.07) is 11.0. The minimum absolute atomic E-state index is 0.107. The Morgan fingerprint density at radius 2 is 1.90 bits per heavy atom. The molecule has 0 radical (unpaired) electrons. The molecular formula is C23H26N4O2. The van der Waals surface area contributed by atoms with Gasteiger partial charge in [0.05, 0.1) is 0 Å². The molecule has 1 fully saturated rings. The highest BCUT2D eigenvalue weighted by Crippen LogP contribution is 2.30. The number of pyridine rings is 1. The lowest BCUT2D eigenvalue weighted by atomic mass is 10.1. The van der Waals surface area contributed by atoms with Gasteiger partial charge in [-0.2, -0.15) is 0 Å². The molecule has 4 rings (SSSR count). The normalized spacial score (nSPS) is 14.6. The zero-order valence-corrected chi connectivity index (χ0v) is 16.9. The van der Waals surface area contributed by atoms with Crippen LogP contribution in [0.2, 0.25) is 0 Å². The van der Waals surface area contributed by atoms with Crippen molar-refractivity contribution in [3.05, 3.63) is 58.5 Å². The Hall–Kier alpha value is -3.02. The van der Waals surface area contributed by atoms with E-state index in [2.05, 4.69) is 29.1 Å². The van der Waals surface area contributed by atoms with Crippen molar-refractivity contribution in [1.29, 1.82) is 0 Å². The fourth-order valence-electron chi connectivity index (χ4n) is 3.91. The van der Waals surface area contributed by atoms with Crippen molar-refractivity contribution < 1.29 is 4.79 Å². The van der Waals surface area contributed by atoms with E-state index in [0.29, 0.717) is 40.4 Å². The van der Waals surface area contributed by atoms with Crippen LogP contribution < -0.4 is 10.9 Å². The summed E-state index contributed by atoms with van der Waals surface area (Å²) in [4.78, 5) is 34.7. The number of nitrogens with one attached hydrogen (secondary N) is 1. The van der Waals surface area contributed by atoms with Crippen LogP contribution in [0.25, 0.3) is 22.4 Å². The highest BCUT2D eigenvalue weighted by molar-refractivity contribution is 5.94. The molecule has 2 heterocycles. The minimum Gasteiger partial charge on any atom is -0.352 e. The maximum atomic E-state index is 13.3. The molecule has 0 spiro atoms. The number of carbonyl (C=O) groups excluding carboxylic acids is 1. The van der Waals surface area contributed by atoms with E-state index in [4.69, 9.17) is 0 Å². The molecule has 3 aromatic rings. The average Bonchev–Trinajstić information content (AvgIpc) is 3.26. The first kappa shape index (κ1) is 19.3. The summed E-state index contributed by atoms with van der Waals surface area (Å²) in [6.45, 7) is 4.74. The van der Waals surface area contributed by atoms with Gasteiger partial charge in [0.1, 0.15) is 11.2 Å². The quantitative estimate of drug-likeness (QED) is 0.715.